The van der Waals surface area contributed by atoms with Gasteiger partial charge in [0.15, 0.2) is 0 Å². The van der Waals surface area contributed by atoms with Crippen LogP contribution in [0.5, 0.6) is 0 Å². The molecule has 0 saturated heterocycles. The van der Waals surface area contributed by atoms with Crippen LogP contribution in [0.2, 0.25) is 10.0 Å². The highest BCUT2D eigenvalue weighted by Crippen LogP contribution is 2.24. The molecule has 0 radical (unpaired) electrons. The third-order valence-electron chi connectivity index (χ3n) is 3.88. The summed E-state index contributed by atoms with van der Waals surface area (Å²) < 4.78 is 23.2. The fourth-order valence-electron chi connectivity index (χ4n) is 2.67. The number of hydrogen-bond acceptors (Lipinski definition) is 5. The number of rotatable bonds is 3. The third kappa shape index (κ3) is 3.64. The summed E-state index contributed by atoms with van der Waals surface area (Å²) in [6, 6.07) is 5.26. The second-order valence-electron chi connectivity index (χ2n) is 5.76. The largest absolute Gasteiger partial charge is 0.297 e. The van der Waals surface area contributed by atoms with Crippen molar-refractivity contribution < 1.29 is 8.42 Å². The van der Waals surface area contributed by atoms with Gasteiger partial charge in [0.05, 0.1) is 11.3 Å². The zero-order valence-corrected chi connectivity index (χ0v) is 15.2. The summed E-state index contributed by atoms with van der Waals surface area (Å²) >= 11 is 12.2. The van der Waals surface area contributed by atoms with Crippen LogP contribution in [0.4, 0.5) is 0 Å². The van der Waals surface area contributed by atoms with Gasteiger partial charge in [-0.3, -0.25) is 14.7 Å². The minimum Gasteiger partial charge on any atom is -0.297 e. The molecule has 1 aliphatic rings. The normalized spacial score (nSPS) is 15.3. The number of aromatic amines is 1. The van der Waals surface area contributed by atoms with Crippen LogP contribution in [0, 0.1) is 0 Å². The van der Waals surface area contributed by atoms with Gasteiger partial charge in [0.25, 0.3) is 5.56 Å². The van der Waals surface area contributed by atoms with Gasteiger partial charge in [0.1, 0.15) is 0 Å². The summed E-state index contributed by atoms with van der Waals surface area (Å²) in [6.45, 7) is 1.58. The average molecular weight is 388 g/mol. The van der Waals surface area contributed by atoms with Crippen molar-refractivity contribution in [1.29, 1.82) is 0 Å². The second kappa shape index (κ2) is 6.48. The summed E-state index contributed by atoms with van der Waals surface area (Å²) in [5.41, 5.74) is 1.49. The summed E-state index contributed by atoms with van der Waals surface area (Å²) in [5.74, 6) is 0. The fraction of sp³-hybridized carbons (Fsp3) is 0.333. The van der Waals surface area contributed by atoms with Gasteiger partial charge < -0.3 is 0 Å². The maximum absolute atomic E-state index is 12.2. The fourth-order valence-corrected chi connectivity index (χ4v) is 3.60. The quantitative estimate of drug-likeness (QED) is 0.814. The molecule has 0 unspecified atom stereocenters. The zero-order valence-electron chi connectivity index (χ0n) is 12.8. The van der Waals surface area contributed by atoms with Crippen LogP contribution in [0.15, 0.2) is 28.2 Å². The van der Waals surface area contributed by atoms with Crippen LogP contribution in [-0.2, 0) is 29.3 Å². The predicted molar refractivity (Wildman–Crippen MR) is 92.2 cm³/mol. The first-order chi connectivity index (χ1) is 11.2. The molecule has 24 heavy (non-hydrogen) atoms. The molecule has 1 aromatic heterocycles. The van der Waals surface area contributed by atoms with Gasteiger partial charge in [-0.2, -0.15) is 0 Å². The molecule has 1 aromatic carbocycles. The number of hydrogen-bond donors (Lipinski definition) is 1. The maximum Gasteiger partial charge on any atom is 0.256 e. The van der Waals surface area contributed by atoms with Crippen molar-refractivity contribution in [1.82, 2.24) is 14.9 Å². The number of aromatic nitrogens is 2. The van der Waals surface area contributed by atoms with Crippen LogP contribution < -0.4 is 5.56 Å². The van der Waals surface area contributed by atoms with Crippen molar-refractivity contribution in [2.24, 2.45) is 0 Å². The van der Waals surface area contributed by atoms with Crippen molar-refractivity contribution >= 4 is 33.0 Å². The third-order valence-corrected chi connectivity index (χ3v) is 5.38. The molecule has 128 valence electrons. The van der Waals surface area contributed by atoms with Crippen molar-refractivity contribution in [3.63, 3.8) is 0 Å². The van der Waals surface area contributed by atoms with E-state index in [1.807, 2.05) is 0 Å². The first kappa shape index (κ1) is 17.4. The molecule has 0 amide bonds. The monoisotopic (exact) mass is 387 g/mol. The van der Waals surface area contributed by atoms with E-state index in [0.717, 1.165) is 11.8 Å². The Balaban J connectivity index is 1.87. The molecular weight excluding hydrogens is 373 g/mol. The van der Waals surface area contributed by atoms with E-state index in [9.17, 15) is 13.2 Å². The number of benzene rings is 1. The molecule has 2 aromatic rings. The first-order valence-electron chi connectivity index (χ1n) is 7.22. The van der Waals surface area contributed by atoms with Crippen molar-refractivity contribution in [2.75, 3.05) is 12.8 Å². The highest BCUT2D eigenvalue weighted by Gasteiger charge is 2.23. The Morgan fingerprint density at radius 1 is 1.33 bits per heavy atom. The van der Waals surface area contributed by atoms with Gasteiger partial charge in [-0.05, 0) is 23.8 Å². The van der Waals surface area contributed by atoms with Gasteiger partial charge in [-0.1, -0.05) is 23.2 Å². The number of fused-ring (bicyclic) bond motifs is 1. The van der Waals surface area contributed by atoms with E-state index < -0.39 is 15.4 Å². The lowest BCUT2D eigenvalue weighted by atomic mass is 10.1. The topological polar surface area (TPSA) is 83.1 Å². The van der Waals surface area contributed by atoms with E-state index in [4.69, 9.17) is 23.2 Å². The lowest BCUT2D eigenvalue weighted by molar-refractivity contribution is 0.241. The van der Waals surface area contributed by atoms with E-state index in [2.05, 4.69) is 14.9 Å². The number of sulfone groups is 1. The Labute approximate surface area is 149 Å². The zero-order chi connectivity index (χ0) is 17.5. The lowest BCUT2D eigenvalue weighted by Crippen LogP contribution is -2.36. The summed E-state index contributed by atoms with van der Waals surface area (Å²) in [4.78, 5) is 20.7. The van der Waals surface area contributed by atoms with E-state index in [0.29, 0.717) is 47.4 Å². The van der Waals surface area contributed by atoms with Gasteiger partial charge in [0, 0.05) is 42.4 Å². The number of H-pyrrole nitrogens is 1. The van der Waals surface area contributed by atoms with E-state index in [1.54, 1.807) is 18.2 Å². The highest BCUT2D eigenvalue weighted by atomic mass is 35.5. The molecule has 0 spiro atoms. The molecular formula is C15H15Cl2N3O3S. The number of nitrogens with one attached hydrogen (secondary N) is 1. The minimum absolute atomic E-state index is 0.280. The molecule has 3 rings (SSSR count). The Morgan fingerprint density at radius 2 is 2.08 bits per heavy atom. The average Bonchev–Trinajstić information content (AvgIpc) is 2.50. The summed E-state index contributed by atoms with van der Waals surface area (Å²) in [6.07, 6.45) is 1.52. The maximum atomic E-state index is 12.2. The van der Waals surface area contributed by atoms with Crippen LogP contribution in [-0.4, -0.2) is 36.1 Å². The smallest absolute Gasteiger partial charge is 0.256 e. The van der Waals surface area contributed by atoms with Crippen molar-refractivity contribution in [3.8, 4) is 0 Å². The van der Waals surface area contributed by atoms with Gasteiger partial charge in [0.2, 0.25) is 15.0 Å². The van der Waals surface area contributed by atoms with Crippen molar-refractivity contribution in [2.45, 2.75) is 24.7 Å². The molecule has 6 nitrogen and oxygen atoms in total. The molecule has 0 fully saturated rings. The van der Waals surface area contributed by atoms with Gasteiger partial charge >= 0.3 is 0 Å². The molecule has 0 bridgehead atoms. The second-order valence-corrected chi connectivity index (χ2v) is 8.54. The van der Waals surface area contributed by atoms with Crippen molar-refractivity contribution in [3.05, 3.63) is 55.4 Å². The molecule has 9 heteroatoms. The van der Waals surface area contributed by atoms with Crippen LogP contribution in [0.25, 0.3) is 0 Å². The molecule has 0 atom stereocenters. The SMILES string of the molecule is CS(=O)(=O)c1nc2c(c(=O)[nH]1)CN(Cc1cc(Cl)ccc1Cl)CC2. The molecule has 2 heterocycles. The summed E-state index contributed by atoms with van der Waals surface area (Å²) in [5, 5.41) is 0.936. The lowest BCUT2D eigenvalue weighted by Gasteiger charge is -2.28. The minimum atomic E-state index is -3.54. The number of nitrogens with zero attached hydrogens (tertiary/aromatic N) is 2. The van der Waals surface area contributed by atoms with E-state index >= 15 is 0 Å². The molecule has 1 N–H and O–H groups in total. The van der Waals surface area contributed by atoms with E-state index in [1.165, 1.54) is 0 Å². The van der Waals surface area contributed by atoms with Crippen LogP contribution >= 0.6 is 23.2 Å². The van der Waals surface area contributed by atoms with Crippen LogP contribution in [0.1, 0.15) is 16.8 Å². The Hall–Kier alpha value is -1.41. The standard InChI is InChI=1S/C15H15Cl2N3O3S/c1-24(22,23)15-18-13-4-5-20(8-11(13)14(21)19-15)7-9-6-10(16)2-3-12(9)17/h2-3,6H,4-5,7-8H2,1H3,(H,18,19,21). The predicted octanol–water partition coefficient (Wildman–Crippen LogP) is 2.04. The first-order valence-corrected chi connectivity index (χ1v) is 9.87. The van der Waals surface area contributed by atoms with Gasteiger partial charge in [-0.15, -0.1) is 0 Å². The Bertz CT molecular complexity index is 957. The summed E-state index contributed by atoms with van der Waals surface area (Å²) in [7, 11) is -3.54. The van der Waals surface area contributed by atoms with E-state index in [-0.39, 0.29) is 5.16 Å². The highest BCUT2D eigenvalue weighted by molar-refractivity contribution is 7.90. The molecule has 0 saturated carbocycles. The number of halogens is 2. The van der Waals surface area contributed by atoms with Crippen LogP contribution in [0.3, 0.4) is 0 Å². The van der Waals surface area contributed by atoms with Gasteiger partial charge in [-0.25, -0.2) is 13.4 Å². The Kier molecular flexibility index (Phi) is 4.70. The Morgan fingerprint density at radius 3 is 2.79 bits per heavy atom. The molecule has 1 aliphatic heterocycles. The molecule has 0 aliphatic carbocycles.